The third-order valence-corrected chi connectivity index (χ3v) is 3.16. The maximum absolute atomic E-state index is 11.9. The van der Waals surface area contributed by atoms with Crippen molar-refractivity contribution in [2.45, 2.75) is 19.1 Å². The van der Waals surface area contributed by atoms with Gasteiger partial charge in [0.05, 0.1) is 13.2 Å². The van der Waals surface area contributed by atoms with Gasteiger partial charge in [-0.1, -0.05) is 30.3 Å². The normalized spacial score (nSPS) is 15.1. The van der Waals surface area contributed by atoms with Crippen molar-refractivity contribution in [3.05, 3.63) is 35.9 Å². The van der Waals surface area contributed by atoms with Crippen molar-refractivity contribution in [1.82, 2.24) is 10.2 Å². The van der Waals surface area contributed by atoms with Gasteiger partial charge in [0.15, 0.2) is 0 Å². The number of carbonyl (C=O) groups is 3. The molecular weight excluding hydrogens is 343 g/mol. The van der Waals surface area contributed by atoms with E-state index in [4.69, 9.17) is 19.7 Å². The number of nitrogens with zero attached hydrogens (tertiary/aromatic N) is 1. The molecule has 0 bridgehead atoms. The first kappa shape index (κ1) is 23.0. The summed E-state index contributed by atoms with van der Waals surface area (Å²) in [5.41, 5.74) is 0.948. The van der Waals surface area contributed by atoms with E-state index < -0.39 is 12.2 Å². The zero-order valence-corrected chi connectivity index (χ0v) is 16.1. The summed E-state index contributed by atoms with van der Waals surface area (Å²) in [5.74, 6) is 0. The van der Waals surface area contributed by atoms with Crippen LogP contribution in [-0.2, 0) is 16.1 Å². The number of rotatable bonds is 3. The van der Waals surface area contributed by atoms with Gasteiger partial charge in [0.1, 0.15) is 6.61 Å². The van der Waals surface area contributed by atoms with Gasteiger partial charge in [0, 0.05) is 13.1 Å². The zero-order valence-electron chi connectivity index (χ0n) is 14.1. The van der Waals surface area contributed by atoms with Crippen molar-refractivity contribution in [3.8, 4) is 0 Å². The Bertz CT molecular complexity index is 552. The summed E-state index contributed by atoms with van der Waals surface area (Å²) >= 11 is 0. The number of ether oxygens (including phenoxy) is 2. The second-order valence-corrected chi connectivity index (χ2v) is 4.87. The number of methoxy groups -OCH3 is 1. The summed E-state index contributed by atoms with van der Waals surface area (Å²) in [5, 5.41) is 18.0. The van der Waals surface area contributed by atoms with E-state index >= 15 is 0 Å². The number of nitrogens with one attached hydrogen (secondary N) is 1. The van der Waals surface area contributed by atoms with Crippen LogP contribution < -0.4 is 40.0 Å². The summed E-state index contributed by atoms with van der Waals surface area (Å²) in [7, 11) is 1.32. The third kappa shape index (κ3) is 9.80. The molecule has 1 aliphatic heterocycles. The van der Waals surface area contributed by atoms with Crippen LogP contribution >= 0.6 is 0 Å². The van der Waals surface area contributed by atoms with Crippen molar-refractivity contribution >= 4 is 18.3 Å². The topological polar surface area (TPSA) is 128 Å². The minimum Gasteiger partial charge on any atom is -0.565 e. The van der Waals surface area contributed by atoms with Gasteiger partial charge >= 0.3 is 41.7 Å². The SMILES string of the molecule is COC(=O)N[C@H]1CCN(C(=O)OCc2ccccc2)C1.O=C([O-])O.[Na+]. The minimum atomic E-state index is -2.08. The molecule has 10 heteroatoms. The van der Waals surface area contributed by atoms with Gasteiger partial charge in [-0.2, -0.15) is 0 Å². The molecule has 1 heterocycles. The summed E-state index contributed by atoms with van der Waals surface area (Å²) in [4.78, 5) is 33.0. The molecule has 0 aromatic heterocycles. The molecule has 0 aliphatic carbocycles. The number of hydrogen-bond donors (Lipinski definition) is 2. The number of carboxylic acid groups (broad SMARTS) is 2. The van der Waals surface area contributed by atoms with Gasteiger partial charge in [-0.05, 0) is 12.0 Å². The average Bonchev–Trinajstić information content (AvgIpc) is 3.01. The number of likely N-dealkylation sites (tertiary alicyclic amines) is 1. The molecule has 1 fully saturated rings. The van der Waals surface area contributed by atoms with Crippen LogP contribution in [0, 0.1) is 0 Å². The fourth-order valence-electron chi connectivity index (χ4n) is 2.08. The van der Waals surface area contributed by atoms with E-state index in [-0.39, 0.29) is 48.3 Å². The van der Waals surface area contributed by atoms with Crippen LogP contribution in [0.5, 0.6) is 0 Å². The smallest absolute Gasteiger partial charge is 0.565 e. The fraction of sp³-hybridized carbons (Fsp3) is 0.400. The molecule has 1 aromatic carbocycles. The molecule has 2 amide bonds. The predicted molar refractivity (Wildman–Crippen MR) is 80.2 cm³/mol. The Balaban J connectivity index is 0.00000104. The first-order valence-corrected chi connectivity index (χ1v) is 7.12. The molecule has 1 saturated heterocycles. The van der Waals surface area contributed by atoms with E-state index in [1.807, 2.05) is 30.3 Å². The Kier molecular flexibility index (Phi) is 11.4. The minimum absolute atomic E-state index is 0. The predicted octanol–water partition coefficient (Wildman–Crippen LogP) is -2.35. The van der Waals surface area contributed by atoms with Gasteiger partial charge in [0.25, 0.3) is 0 Å². The summed E-state index contributed by atoms with van der Waals surface area (Å²) in [6.07, 6.45) is -2.22. The molecule has 0 saturated carbocycles. The van der Waals surface area contributed by atoms with Crippen molar-refractivity contribution in [3.63, 3.8) is 0 Å². The average molecular weight is 362 g/mol. The Morgan fingerprint density at radius 2 is 1.92 bits per heavy atom. The van der Waals surface area contributed by atoms with E-state index in [1.165, 1.54) is 7.11 Å². The van der Waals surface area contributed by atoms with Crippen molar-refractivity contribution in [2.24, 2.45) is 0 Å². The molecule has 1 aliphatic rings. The van der Waals surface area contributed by atoms with Crippen LogP contribution in [0.15, 0.2) is 30.3 Å². The van der Waals surface area contributed by atoms with E-state index in [0.717, 1.165) is 5.56 Å². The third-order valence-electron chi connectivity index (χ3n) is 3.16. The Morgan fingerprint density at radius 3 is 2.48 bits per heavy atom. The molecule has 1 atom stereocenters. The largest absolute Gasteiger partial charge is 1.00 e. The van der Waals surface area contributed by atoms with Gasteiger partial charge < -0.3 is 34.7 Å². The fourth-order valence-corrected chi connectivity index (χ4v) is 2.08. The quantitative estimate of drug-likeness (QED) is 0.576. The molecule has 0 radical (unpaired) electrons. The molecule has 2 rings (SSSR count). The summed E-state index contributed by atoms with van der Waals surface area (Å²) in [6.45, 7) is 1.27. The molecule has 25 heavy (non-hydrogen) atoms. The van der Waals surface area contributed by atoms with Crippen LogP contribution in [0.1, 0.15) is 12.0 Å². The first-order valence-electron chi connectivity index (χ1n) is 7.12. The monoisotopic (exact) mass is 362 g/mol. The van der Waals surface area contributed by atoms with E-state index in [1.54, 1.807) is 4.90 Å². The van der Waals surface area contributed by atoms with E-state index in [0.29, 0.717) is 19.5 Å². The summed E-state index contributed by atoms with van der Waals surface area (Å²) in [6, 6.07) is 9.43. The number of benzene rings is 1. The first-order chi connectivity index (χ1) is 11.4. The second kappa shape index (κ2) is 12.4. The maximum atomic E-state index is 11.9. The van der Waals surface area contributed by atoms with Crippen LogP contribution in [0.2, 0.25) is 0 Å². The van der Waals surface area contributed by atoms with Crippen LogP contribution in [0.25, 0.3) is 0 Å². The molecular formula is C15H19N2NaO7. The van der Waals surface area contributed by atoms with Gasteiger partial charge in [-0.3, -0.25) is 0 Å². The maximum Gasteiger partial charge on any atom is 1.00 e. The summed E-state index contributed by atoms with van der Waals surface area (Å²) < 4.78 is 9.76. The molecule has 1 aromatic rings. The van der Waals surface area contributed by atoms with Crippen molar-refractivity contribution in [2.75, 3.05) is 20.2 Å². The van der Waals surface area contributed by atoms with Gasteiger partial charge in [-0.15, -0.1) is 0 Å². The number of alkyl carbamates (subject to hydrolysis) is 1. The Labute approximate surface area is 167 Å². The van der Waals surface area contributed by atoms with Crippen LogP contribution in [0.4, 0.5) is 14.4 Å². The van der Waals surface area contributed by atoms with Crippen LogP contribution in [-0.4, -0.2) is 54.6 Å². The zero-order chi connectivity index (χ0) is 17.9. The standard InChI is InChI=1S/C14H18N2O4.CH2O3.Na/c1-19-13(17)15-12-7-8-16(9-12)14(18)20-10-11-5-3-2-4-6-11;2-1(3)4;/h2-6,12H,7-10H2,1H3,(H,15,17);(H2,2,3,4);/q;;+1/p-1/t12-;;/m0../s1. The number of carbonyl (C=O) groups excluding carboxylic acids is 2. The molecule has 9 nitrogen and oxygen atoms in total. The van der Waals surface area contributed by atoms with Crippen molar-refractivity contribution < 1.29 is 63.6 Å². The molecule has 132 valence electrons. The van der Waals surface area contributed by atoms with Gasteiger partial charge in [0.2, 0.25) is 6.16 Å². The van der Waals surface area contributed by atoms with E-state index in [9.17, 15) is 9.59 Å². The number of hydrogen-bond acceptors (Lipinski definition) is 6. The van der Waals surface area contributed by atoms with Gasteiger partial charge in [-0.25, -0.2) is 9.59 Å². The Hall–Kier alpha value is -1.97. The molecule has 0 unspecified atom stereocenters. The Morgan fingerprint density at radius 1 is 1.32 bits per heavy atom. The number of amides is 2. The van der Waals surface area contributed by atoms with E-state index in [2.05, 4.69) is 10.1 Å². The molecule has 0 spiro atoms. The molecule has 2 N–H and O–H groups in total. The second-order valence-electron chi connectivity index (χ2n) is 4.87. The van der Waals surface area contributed by atoms with Crippen LogP contribution in [0.3, 0.4) is 0 Å². The van der Waals surface area contributed by atoms with Crippen molar-refractivity contribution in [1.29, 1.82) is 0 Å².